The molecule has 7 heteroatoms. The van der Waals surface area contributed by atoms with E-state index in [-0.39, 0.29) is 17.0 Å². The van der Waals surface area contributed by atoms with Crippen molar-refractivity contribution in [3.8, 4) is 0 Å². The monoisotopic (exact) mass is 197 g/mol. The zero-order chi connectivity index (χ0) is 10.3. The van der Waals surface area contributed by atoms with Gasteiger partial charge in [-0.3, -0.25) is 9.78 Å². The molecule has 2 aromatic rings. The summed E-state index contributed by atoms with van der Waals surface area (Å²) >= 11 is 0. The number of anilines is 1. The van der Waals surface area contributed by atoms with Crippen LogP contribution in [0, 0.1) is 5.82 Å². The first-order valence-electron chi connectivity index (χ1n) is 3.87. The number of nitrogens with one attached hydrogen (secondary N) is 2. The molecule has 6 nitrogen and oxygen atoms in total. The van der Waals surface area contributed by atoms with Crippen molar-refractivity contribution in [2.75, 3.05) is 18.2 Å². The molecule has 4 N–H and O–H groups in total. The maximum atomic E-state index is 13.2. The second kappa shape index (κ2) is 2.72. The van der Waals surface area contributed by atoms with Crippen LogP contribution in [-0.4, -0.2) is 21.7 Å². The van der Waals surface area contributed by atoms with Crippen LogP contribution in [-0.2, 0) is 0 Å². The van der Waals surface area contributed by atoms with Crippen molar-refractivity contribution in [2.24, 2.45) is 0 Å². The first-order valence-corrected chi connectivity index (χ1v) is 3.87. The molecule has 0 aliphatic heterocycles. The summed E-state index contributed by atoms with van der Waals surface area (Å²) in [5.41, 5.74) is 7.57. The molecule has 0 saturated heterocycles. The van der Waals surface area contributed by atoms with Crippen molar-refractivity contribution in [1.82, 2.24) is 14.6 Å². The molecule has 2 rings (SSSR count). The SMILES string of the molecule is CNn1cc(F)c2c(=O)[nH]c(N)nc21. The first-order chi connectivity index (χ1) is 6.63. The largest absolute Gasteiger partial charge is 0.369 e. The van der Waals surface area contributed by atoms with E-state index in [9.17, 15) is 9.18 Å². The highest BCUT2D eigenvalue weighted by atomic mass is 19.1. The van der Waals surface area contributed by atoms with Crippen LogP contribution in [0.25, 0.3) is 11.0 Å². The van der Waals surface area contributed by atoms with Crippen LogP contribution in [0.2, 0.25) is 0 Å². The summed E-state index contributed by atoms with van der Waals surface area (Å²) in [6, 6.07) is 0. The molecule has 2 heterocycles. The highest BCUT2D eigenvalue weighted by Crippen LogP contribution is 2.12. The van der Waals surface area contributed by atoms with Gasteiger partial charge in [-0.1, -0.05) is 0 Å². The fraction of sp³-hybridized carbons (Fsp3) is 0.143. The lowest BCUT2D eigenvalue weighted by atomic mass is 10.4. The van der Waals surface area contributed by atoms with Crippen molar-refractivity contribution >= 4 is 17.0 Å². The van der Waals surface area contributed by atoms with Crippen molar-refractivity contribution < 1.29 is 4.39 Å². The van der Waals surface area contributed by atoms with Crippen LogP contribution < -0.4 is 16.7 Å². The third kappa shape index (κ3) is 1.02. The van der Waals surface area contributed by atoms with E-state index in [0.717, 1.165) is 6.20 Å². The Morgan fingerprint density at radius 1 is 1.71 bits per heavy atom. The number of nitrogens with two attached hydrogens (primary N) is 1. The van der Waals surface area contributed by atoms with Crippen molar-refractivity contribution in [1.29, 1.82) is 0 Å². The molecule has 0 aromatic carbocycles. The minimum absolute atomic E-state index is 0.0444. The van der Waals surface area contributed by atoms with Crippen LogP contribution in [0.1, 0.15) is 0 Å². The summed E-state index contributed by atoms with van der Waals surface area (Å²) in [6.45, 7) is 0. The van der Waals surface area contributed by atoms with Crippen LogP contribution in [0.4, 0.5) is 10.3 Å². The summed E-state index contributed by atoms with van der Waals surface area (Å²) in [5, 5.41) is -0.103. The molecule has 0 amide bonds. The zero-order valence-electron chi connectivity index (χ0n) is 7.34. The topological polar surface area (TPSA) is 88.7 Å². The Kier molecular flexibility index (Phi) is 1.66. The fourth-order valence-corrected chi connectivity index (χ4v) is 1.28. The number of nitrogen functional groups attached to an aromatic ring is 1. The van der Waals surface area contributed by atoms with E-state index < -0.39 is 11.4 Å². The second-order valence-electron chi connectivity index (χ2n) is 2.72. The van der Waals surface area contributed by atoms with Gasteiger partial charge in [-0.25, -0.2) is 9.07 Å². The molecule has 0 aliphatic carbocycles. The third-order valence-corrected chi connectivity index (χ3v) is 1.87. The summed E-state index contributed by atoms with van der Waals surface area (Å²) in [6.07, 6.45) is 1.13. The standard InChI is InChI=1S/C7H8FN5O/c1-10-13-2-3(8)4-5(13)11-7(9)12-6(4)14/h2,10H,1H3,(H3,9,11,12,14). The van der Waals surface area contributed by atoms with Crippen LogP contribution >= 0.6 is 0 Å². The molecule has 74 valence electrons. The number of halogens is 1. The van der Waals surface area contributed by atoms with Gasteiger partial charge >= 0.3 is 0 Å². The summed E-state index contributed by atoms with van der Waals surface area (Å²) in [5.74, 6) is -0.680. The third-order valence-electron chi connectivity index (χ3n) is 1.87. The van der Waals surface area contributed by atoms with Gasteiger partial charge < -0.3 is 11.2 Å². The first kappa shape index (κ1) is 8.54. The number of fused-ring (bicyclic) bond motifs is 1. The lowest BCUT2D eigenvalue weighted by Gasteiger charge is -2.00. The summed E-state index contributed by atoms with van der Waals surface area (Å²) in [7, 11) is 1.58. The Bertz CT molecular complexity index is 543. The Hall–Kier alpha value is -2.05. The van der Waals surface area contributed by atoms with Gasteiger partial charge in [0.25, 0.3) is 5.56 Å². The van der Waals surface area contributed by atoms with Gasteiger partial charge in [0.05, 0.1) is 6.20 Å². The molecule has 0 bridgehead atoms. The average Bonchev–Trinajstić information content (AvgIpc) is 2.42. The number of aromatic amines is 1. The van der Waals surface area contributed by atoms with Gasteiger partial charge in [0.15, 0.2) is 11.5 Å². The number of aromatic nitrogens is 3. The van der Waals surface area contributed by atoms with Gasteiger partial charge in [-0.2, -0.15) is 4.98 Å². The number of hydrogen-bond donors (Lipinski definition) is 3. The normalized spacial score (nSPS) is 10.7. The maximum Gasteiger partial charge on any atom is 0.264 e. The Morgan fingerprint density at radius 3 is 3.07 bits per heavy atom. The minimum Gasteiger partial charge on any atom is -0.369 e. The van der Waals surface area contributed by atoms with Gasteiger partial charge in [-0.15, -0.1) is 0 Å². The molecule has 0 spiro atoms. The van der Waals surface area contributed by atoms with E-state index in [4.69, 9.17) is 5.73 Å². The highest BCUT2D eigenvalue weighted by Gasteiger charge is 2.13. The van der Waals surface area contributed by atoms with Crippen molar-refractivity contribution in [2.45, 2.75) is 0 Å². The van der Waals surface area contributed by atoms with E-state index in [0.29, 0.717) is 0 Å². The Morgan fingerprint density at radius 2 is 2.43 bits per heavy atom. The predicted molar refractivity (Wildman–Crippen MR) is 50.0 cm³/mol. The van der Waals surface area contributed by atoms with Gasteiger partial charge in [0, 0.05) is 7.05 Å². The van der Waals surface area contributed by atoms with E-state index in [1.54, 1.807) is 7.05 Å². The van der Waals surface area contributed by atoms with Crippen molar-refractivity contribution in [3.63, 3.8) is 0 Å². The number of hydrogen-bond acceptors (Lipinski definition) is 4. The van der Waals surface area contributed by atoms with Crippen LogP contribution in [0.5, 0.6) is 0 Å². The molecular weight excluding hydrogens is 189 g/mol. The molecule has 0 radical (unpaired) electrons. The number of H-pyrrole nitrogens is 1. The molecule has 0 fully saturated rings. The summed E-state index contributed by atoms with van der Waals surface area (Å²) < 4.78 is 14.5. The molecular formula is C7H8FN5O. The molecule has 14 heavy (non-hydrogen) atoms. The average molecular weight is 197 g/mol. The highest BCUT2D eigenvalue weighted by molar-refractivity contribution is 5.77. The number of rotatable bonds is 1. The van der Waals surface area contributed by atoms with Crippen LogP contribution in [0.3, 0.4) is 0 Å². The molecule has 0 aliphatic rings. The molecule has 2 aromatic heterocycles. The Balaban J connectivity index is 2.96. The number of nitrogens with zero attached hydrogens (tertiary/aromatic N) is 2. The minimum atomic E-state index is -0.636. The lowest BCUT2D eigenvalue weighted by Crippen LogP contribution is -2.14. The fourth-order valence-electron chi connectivity index (χ4n) is 1.28. The smallest absolute Gasteiger partial charge is 0.264 e. The van der Waals surface area contributed by atoms with E-state index in [1.165, 1.54) is 4.68 Å². The van der Waals surface area contributed by atoms with Gasteiger partial charge in [0.2, 0.25) is 5.95 Å². The van der Waals surface area contributed by atoms with E-state index in [2.05, 4.69) is 15.4 Å². The summed E-state index contributed by atoms with van der Waals surface area (Å²) in [4.78, 5) is 17.3. The zero-order valence-corrected chi connectivity index (χ0v) is 7.34. The molecule has 0 atom stereocenters. The van der Waals surface area contributed by atoms with Gasteiger partial charge in [-0.05, 0) is 0 Å². The quantitative estimate of drug-likeness (QED) is 0.581. The molecule has 0 saturated carbocycles. The Labute approximate surface area is 77.5 Å². The van der Waals surface area contributed by atoms with E-state index >= 15 is 0 Å². The molecule has 0 unspecified atom stereocenters. The second-order valence-corrected chi connectivity index (χ2v) is 2.72. The van der Waals surface area contributed by atoms with E-state index in [1.807, 2.05) is 0 Å². The lowest BCUT2D eigenvalue weighted by molar-refractivity contribution is 0.633. The maximum absolute atomic E-state index is 13.2. The van der Waals surface area contributed by atoms with Gasteiger partial charge in [0.1, 0.15) is 5.39 Å². The van der Waals surface area contributed by atoms with Crippen LogP contribution in [0.15, 0.2) is 11.0 Å². The van der Waals surface area contributed by atoms with Crippen molar-refractivity contribution in [3.05, 3.63) is 22.4 Å². The predicted octanol–water partition coefficient (Wildman–Crippen LogP) is -0.381.